The number of aliphatic carboxylic acids is 1. The predicted octanol–water partition coefficient (Wildman–Crippen LogP) is 1.61. The van der Waals surface area contributed by atoms with Gasteiger partial charge in [0.2, 0.25) is 0 Å². The molecule has 1 aromatic carbocycles. The van der Waals surface area contributed by atoms with E-state index in [1.165, 1.54) is 0 Å². The third kappa shape index (κ3) is 5.68. The van der Waals surface area contributed by atoms with Crippen molar-refractivity contribution in [1.82, 2.24) is 4.90 Å². The van der Waals surface area contributed by atoms with Gasteiger partial charge in [-0.25, -0.2) is 0 Å². The summed E-state index contributed by atoms with van der Waals surface area (Å²) < 4.78 is 0. The number of halogens is 1. The summed E-state index contributed by atoms with van der Waals surface area (Å²) in [6.45, 7) is 0.941. The molecule has 0 spiro atoms. The van der Waals surface area contributed by atoms with Crippen molar-refractivity contribution in [2.24, 2.45) is 0 Å². The zero-order valence-corrected chi connectivity index (χ0v) is 10.4. The third-order valence-electron chi connectivity index (χ3n) is 2.27. The van der Waals surface area contributed by atoms with Crippen LogP contribution in [0, 0.1) is 0 Å². The number of aliphatic hydroxyl groups is 1. The van der Waals surface area contributed by atoms with Gasteiger partial charge in [-0.1, -0.05) is 23.7 Å². The van der Waals surface area contributed by atoms with E-state index in [1.807, 2.05) is 30.1 Å². The fourth-order valence-electron chi connectivity index (χ4n) is 1.64. The first-order chi connectivity index (χ1) is 7.97. The van der Waals surface area contributed by atoms with E-state index in [0.717, 1.165) is 5.56 Å². The molecule has 0 saturated carbocycles. The minimum absolute atomic E-state index is 0.236. The van der Waals surface area contributed by atoms with Crippen molar-refractivity contribution in [2.75, 3.05) is 13.6 Å². The summed E-state index contributed by atoms with van der Waals surface area (Å²) >= 11 is 5.86. The molecule has 0 heterocycles. The van der Waals surface area contributed by atoms with Crippen LogP contribution in [0.1, 0.15) is 12.0 Å². The maximum absolute atomic E-state index is 10.4. The lowest BCUT2D eigenvalue weighted by atomic mass is 10.2. The first-order valence-corrected chi connectivity index (χ1v) is 5.68. The number of rotatable bonds is 6. The average molecular weight is 258 g/mol. The number of benzene rings is 1. The predicted molar refractivity (Wildman–Crippen MR) is 66.0 cm³/mol. The molecule has 2 N–H and O–H groups in total. The fraction of sp³-hybridized carbons (Fsp3) is 0.417. The van der Waals surface area contributed by atoms with Gasteiger partial charge in [0.15, 0.2) is 0 Å². The van der Waals surface area contributed by atoms with E-state index < -0.39 is 12.1 Å². The Morgan fingerprint density at radius 3 is 2.82 bits per heavy atom. The van der Waals surface area contributed by atoms with E-state index in [2.05, 4.69) is 0 Å². The van der Waals surface area contributed by atoms with Gasteiger partial charge < -0.3 is 10.2 Å². The largest absolute Gasteiger partial charge is 0.481 e. The van der Waals surface area contributed by atoms with Crippen molar-refractivity contribution >= 4 is 17.6 Å². The summed E-state index contributed by atoms with van der Waals surface area (Å²) in [6.07, 6.45) is -1.09. The molecular formula is C12H16ClNO3. The summed E-state index contributed by atoms with van der Waals surface area (Å²) in [7, 11) is 1.83. The maximum Gasteiger partial charge on any atom is 0.306 e. The van der Waals surface area contributed by atoms with Gasteiger partial charge >= 0.3 is 5.97 Å². The van der Waals surface area contributed by atoms with Gasteiger partial charge in [0.25, 0.3) is 0 Å². The minimum Gasteiger partial charge on any atom is -0.481 e. The molecule has 0 aliphatic rings. The van der Waals surface area contributed by atoms with E-state index >= 15 is 0 Å². The lowest BCUT2D eigenvalue weighted by molar-refractivity contribution is -0.139. The van der Waals surface area contributed by atoms with E-state index in [4.69, 9.17) is 16.7 Å². The molecule has 0 aliphatic carbocycles. The molecule has 1 atom stereocenters. The Morgan fingerprint density at radius 1 is 1.53 bits per heavy atom. The van der Waals surface area contributed by atoms with Crippen LogP contribution in [0.4, 0.5) is 0 Å². The fourth-order valence-corrected chi connectivity index (χ4v) is 1.85. The van der Waals surface area contributed by atoms with Crippen LogP contribution in [-0.4, -0.2) is 40.8 Å². The first-order valence-electron chi connectivity index (χ1n) is 5.30. The Hall–Kier alpha value is -1.10. The van der Waals surface area contributed by atoms with Gasteiger partial charge in [-0.05, 0) is 24.7 Å². The maximum atomic E-state index is 10.4. The topological polar surface area (TPSA) is 60.8 Å². The molecule has 0 amide bonds. The Labute approximate surface area is 105 Å². The van der Waals surface area contributed by atoms with Crippen LogP contribution >= 0.6 is 11.6 Å². The number of hydrogen-bond donors (Lipinski definition) is 2. The highest BCUT2D eigenvalue weighted by Crippen LogP contribution is 2.12. The van der Waals surface area contributed by atoms with Crippen molar-refractivity contribution in [3.8, 4) is 0 Å². The average Bonchev–Trinajstić information content (AvgIpc) is 2.14. The molecule has 0 aromatic heterocycles. The first kappa shape index (κ1) is 14.0. The summed E-state index contributed by atoms with van der Waals surface area (Å²) in [4.78, 5) is 12.3. The standard InChI is InChI=1S/C12H16ClNO3/c1-14(8-11(15)6-12(16)17)7-9-3-2-4-10(13)5-9/h2-5,11,15H,6-8H2,1H3,(H,16,17). The summed E-state index contributed by atoms with van der Waals surface area (Å²) in [5.74, 6) is -0.992. The molecular weight excluding hydrogens is 242 g/mol. The molecule has 1 unspecified atom stereocenters. The molecule has 0 saturated heterocycles. The van der Waals surface area contributed by atoms with Crippen molar-refractivity contribution in [3.63, 3.8) is 0 Å². The molecule has 17 heavy (non-hydrogen) atoms. The highest BCUT2D eigenvalue weighted by Gasteiger charge is 2.12. The zero-order valence-electron chi connectivity index (χ0n) is 9.64. The Balaban J connectivity index is 2.44. The van der Waals surface area contributed by atoms with Crippen LogP contribution in [-0.2, 0) is 11.3 Å². The molecule has 0 radical (unpaired) electrons. The molecule has 5 heteroatoms. The Bertz CT molecular complexity index is 384. The second-order valence-corrected chi connectivity index (χ2v) is 4.51. The Morgan fingerprint density at radius 2 is 2.24 bits per heavy atom. The van der Waals surface area contributed by atoms with Crippen LogP contribution in [0.2, 0.25) is 5.02 Å². The van der Waals surface area contributed by atoms with Crippen LogP contribution in [0.5, 0.6) is 0 Å². The number of nitrogens with zero attached hydrogens (tertiary/aromatic N) is 1. The molecule has 4 nitrogen and oxygen atoms in total. The third-order valence-corrected chi connectivity index (χ3v) is 2.51. The second kappa shape index (κ2) is 6.59. The quantitative estimate of drug-likeness (QED) is 0.813. The van der Waals surface area contributed by atoms with Crippen LogP contribution in [0.25, 0.3) is 0 Å². The second-order valence-electron chi connectivity index (χ2n) is 4.08. The molecule has 0 bridgehead atoms. The smallest absolute Gasteiger partial charge is 0.306 e. The highest BCUT2D eigenvalue weighted by atomic mass is 35.5. The molecule has 94 valence electrons. The SMILES string of the molecule is CN(Cc1cccc(Cl)c1)CC(O)CC(=O)O. The number of likely N-dealkylation sites (N-methyl/N-ethyl adjacent to an activating group) is 1. The van der Waals surface area contributed by atoms with Crippen LogP contribution in [0.3, 0.4) is 0 Å². The molecule has 1 aromatic rings. The van der Waals surface area contributed by atoms with Crippen molar-refractivity contribution in [1.29, 1.82) is 0 Å². The van der Waals surface area contributed by atoms with Crippen molar-refractivity contribution in [3.05, 3.63) is 34.9 Å². The number of carbonyl (C=O) groups is 1. The number of carboxylic acids is 1. The van der Waals surface area contributed by atoms with Gasteiger partial charge in [0.05, 0.1) is 12.5 Å². The monoisotopic (exact) mass is 257 g/mol. The summed E-state index contributed by atoms with van der Waals surface area (Å²) in [5, 5.41) is 18.7. The van der Waals surface area contributed by atoms with Crippen LogP contribution in [0.15, 0.2) is 24.3 Å². The number of hydrogen-bond acceptors (Lipinski definition) is 3. The van der Waals surface area contributed by atoms with Crippen LogP contribution < -0.4 is 0 Å². The van der Waals surface area contributed by atoms with Gasteiger partial charge in [-0.15, -0.1) is 0 Å². The summed E-state index contributed by atoms with van der Waals surface area (Å²) in [6, 6.07) is 7.44. The van der Waals surface area contributed by atoms with Crippen molar-refractivity contribution < 1.29 is 15.0 Å². The van der Waals surface area contributed by atoms with Gasteiger partial charge in [-0.3, -0.25) is 9.69 Å². The van der Waals surface area contributed by atoms with Gasteiger partial charge in [-0.2, -0.15) is 0 Å². The highest BCUT2D eigenvalue weighted by molar-refractivity contribution is 6.30. The number of aliphatic hydroxyl groups excluding tert-OH is 1. The lowest BCUT2D eigenvalue weighted by Crippen LogP contribution is -2.30. The minimum atomic E-state index is -0.992. The zero-order chi connectivity index (χ0) is 12.8. The molecule has 0 fully saturated rings. The van der Waals surface area contributed by atoms with E-state index in [1.54, 1.807) is 6.07 Å². The normalized spacial score (nSPS) is 12.7. The van der Waals surface area contributed by atoms with E-state index in [-0.39, 0.29) is 6.42 Å². The molecule has 0 aliphatic heterocycles. The molecule has 1 rings (SSSR count). The van der Waals surface area contributed by atoms with Gasteiger partial charge in [0, 0.05) is 18.1 Å². The van der Waals surface area contributed by atoms with E-state index in [9.17, 15) is 9.90 Å². The summed E-state index contributed by atoms with van der Waals surface area (Å²) in [5.41, 5.74) is 1.03. The van der Waals surface area contributed by atoms with Gasteiger partial charge in [0.1, 0.15) is 0 Å². The van der Waals surface area contributed by atoms with E-state index in [0.29, 0.717) is 18.1 Å². The Kier molecular flexibility index (Phi) is 5.41. The van der Waals surface area contributed by atoms with Crippen molar-refractivity contribution in [2.45, 2.75) is 19.1 Å². The number of carboxylic acid groups (broad SMARTS) is 1. The lowest BCUT2D eigenvalue weighted by Gasteiger charge is -2.19.